The molecule has 0 radical (unpaired) electrons. The molecule has 0 bridgehead atoms. The third-order valence-electron chi connectivity index (χ3n) is 2.91. The highest BCUT2D eigenvalue weighted by molar-refractivity contribution is 5.96. The van der Waals surface area contributed by atoms with Crippen LogP contribution in [0.25, 0.3) is 0 Å². The van der Waals surface area contributed by atoms with Gasteiger partial charge in [0.05, 0.1) is 7.11 Å². The molecule has 0 aromatic heterocycles. The Morgan fingerprint density at radius 2 is 2.06 bits per heavy atom. The maximum absolute atomic E-state index is 12.1. The van der Waals surface area contributed by atoms with Gasteiger partial charge < -0.3 is 10.5 Å². The van der Waals surface area contributed by atoms with E-state index < -0.39 is 0 Å². The van der Waals surface area contributed by atoms with E-state index in [0.29, 0.717) is 13.0 Å². The molecule has 3 heteroatoms. The highest BCUT2D eigenvalue weighted by atomic mass is 16.5. The molecule has 94 valence electrons. The fourth-order valence-corrected chi connectivity index (χ4v) is 1.66. The van der Waals surface area contributed by atoms with Gasteiger partial charge in [0.15, 0.2) is 5.78 Å². The summed E-state index contributed by atoms with van der Waals surface area (Å²) in [4.78, 5) is 12.1. The first kappa shape index (κ1) is 13.7. The van der Waals surface area contributed by atoms with Crippen LogP contribution >= 0.6 is 0 Å². The topological polar surface area (TPSA) is 52.3 Å². The highest BCUT2D eigenvalue weighted by Gasteiger charge is 2.21. The van der Waals surface area contributed by atoms with Crippen molar-refractivity contribution >= 4 is 5.78 Å². The summed E-state index contributed by atoms with van der Waals surface area (Å²) in [6.07, 6.45) is 0.468. The number of ketones is 1. The van der Waals surface area contributed by atoms with Crippen LogP contribution in [0, 0.1) is 12.3 Å². The zero-order chi connectivity index (χ0) is 13.1. The van der Waals surface area contributed by atoms with Crippen molar-refractivity contribution in [1.82, 2.24) is 0 Å². The highest BCUT2D eigenvalue weighted by Crippen LogP contribution is 2.24. The Labute approximate surface area is 103 Å². The third-order valence-corrected chi connectivity index (χ3v) is 2.91. The lowest BCUT2D eigenvalue weighted by Gasteiger charge is -2.21. The number of rotatable bonds is 5. The molecule has 0 saturated heterocycles. The largest absolute Gasteiger partial charge is 0.496 e. The minimum atomic E-state index is -0.148. The Morgan fingerprint density at radius 3 is 2.53 bits per heavy atom. The van der Waals surface area contributed by atoms with E-state index in [2.05, 4.69) is 0 Å². The van der Waals surface area contributed by atoms with Gasteiger partial charge in [-0.1, -0.05) is 13.8 Å². The molecule has 3 nitrogen and oxygen atoms in total. The van der Waals surface area contributed by atoms with E-state index >= 15 is 0 Å². The third kappa shape index (κ3) is 3.56. The summed E-state index contributed by atoms with van der Waals surface area (Å²) in [6, 6.07) is 5.51. The van der Waals surface area contributed by atoms with Crippen LogP contribution in [-0.2, 0) is 0 Å². The van der Waals surface area contributed by atoms with Crippen molar-refractivity contribution in [2.45, 2.75) is 27.2 Å². The molecule has 0 atom stereocenters. The Morgan fingerprint density at radius 1 is 1.41 bits per heavy atom. The number of aryl methyl sites for hydroxylation is 1. The summed E-state index contributed by atoms with van der Waals surface area (Å²) >= 11 is 0. The van der Waals surface area contributed by atoms with Crippen molar-refractivity contribution < 1.29 is 9.53 Å². The molecule has 1 rings (SSSR count). The van der Waals surface area contributed by atoms with Crippen LogP contribution in [0.2, 0.25) is 0 Å². The Hall–Kier alpha value is -1.35. The molecule has 0 saturated carbocycles. The van der Waals surface area contributed by atoms with Crippen molar-refractivity contribution in [3.05, 3.63) is 29.3 Å². The summed E-state index contributed by atoms with van der Waals surface area (Å²) in [5.74, 6) is 0.936. The quantitative estimate of drug-likeness (QED) is 0.798. The van der Waals surface area contributed by atoms with Crippen molar-refractivity contribution in [1.29, 1.82) is 0 Å². The SMILES string of the molecule is COc1ccc(C(=O)CC(C)(C)CN)cc1C. The fraction of sp³-hybridized carbons (Fsp3) is 0.500. The number of methoxy groups -OCH3 is 1. The van der Waals surface area contributed by atoms with Crippen LogP contribution in [0.4, 0.5) is 0 Å². The Bertz CT molecular complexity index is 411. The lowest BCUT2D eigenvalue weighted by Crippen LogP contribution is -2.26. The molecule has 0 aliphatic carbocycles. The second kappa shape index (κ2) is 5.32. The van der Waals surface area contributed by atoms with E-state index in [1.807, 2.05) is 32.9 Å². The molecule has 0 fully saturated rings. The van der Waals surface area contributed by atoms with Crippen LogP contribution in [-0.4, -0.2) is 19.4 Å². The molecule has 0 heterocycles. The number of hydrogen-bond acceptors (Lipinski definition) is 3. The van der Waals surface area contributed by atoms with Crippen LogP contribution < -0.4 is 10.5 Å². The van der Waals surface area contributed by atoms with Crippen LogP contribution in [0.1, 0.15) is 36.2 Å². The predicted molar refractivity (Wildman–Crippen MR) is 69.5 cm³/mol. The van der Waals surface area contributed by atoms with E-state index in [4.69, 9.17) is 10.5 Å². The van der Waals surface area contributed by atoms with E-state index in [0.717, 1.165) is 16.9 Å². The molecule has 0 amide bonds. The Balaban J connectivity index is 2.87. The molecular weight excluding hydrogens is 214 g/mol. The van der Waals surface area contributed by atoms with Crippen LogP contribution in [0.15, 0.2) is 18.2 Å². The molecule has 0 unspecified atom stereocenters. The number of benzene rings is 1. The number of carbonyl (C=O) groups excluding carboxylic acids is 1. The maximum atomic E-state index is 12.1. The lowest BCUT2D eigenvalue weighted by molar-refractivity contribution is 0.0934. The standard InChI is InChI=1S/C14H21NO2/c1-10-7-11(5-6-13(10)17-4)12(16)8-14(2,3)9-15/h5-7H,8-9,15H2,1-4H3. The Kier molecular flexibility index (Phi) is 4.29. The van der Waals surface area contributed by atoms with E-state index in [-0.39, 0.29) is 11.2 Å². The van der Waals surface area contributed by atoms with Crippen molar-refractivity contribution in [3.63, 3.8) is 0 Å². The van der Waals surface area contributed by atoms with Crippen LogP contribution in [0.3, 0.4) is 0 Å². The summed E-state index contributed by atoms with van der Waals surface area (Å²) in [5.41, 5.74) is 7.19. The molecule has 1 aromatic rings. The van der Waals surface area contributed by atoms with Crippen molar-refractivity contribution in [2.24, 2.45) is 11.1 Å². The number of Topliss-reactive ketones (excluding diaryl/α,β-unsaturated/α-hetero) is 1. The number of nitrogens with two attached hydrogens (primary N) is 1. The minimum Gasteiger partial charge on any atom is -0.496 e. The zero-order valence-electron chi connectivity index (χ0n) is 11.0. The zero-order valence-corrected chi connectivity index (χ0v) is 11.0. The smallest absolute Gasteiger partial charge is 0.163 e. The van der Waals surface area contributed by atoms with Gasteiger partial charge in [0.2, 0.25) is 0 Å². The monoisotopic (exact) mass is 235 g/mol. The summed E-state index contributed by atoms with van der Waals surface area (Å²) in [6.45, 7) is 6.44. The van der Waals surface area contributed by atoms with Crippen molar-refractivity contribution in [2.75, 3.05) is 13.7 Å². The fourth-order valence-electron chi connectivity index (χ4n) is 1.66. The second-order valence-corrected chi connectivity index (χ2v) is 5.15. The minimum absolute atomic E-state index is 0.131. The van der Waals surface area contributed by atoms with Crippen molar-refractivity contribution in [3.8, 4) is 5.75 Å². The first-order chi connectivity index (χ1) is 7.89. The lowest BCUT2D eigenvalue weighted by atomic mass is 9.85. The molecule has 0 spiro atoms. The molecule has 0 aliphatic rings. The summed E-state index contributed by atoms with van der Waals surface area (Å²) in [7, 11) is 1.63. The van der Waals surface area contributed by atoms with Gasteiger partial charge in [-0.25, -0.2) is 0 Å². The summed E-state index contributed by atoms with van der Waals surface area (Å²) in [5, 5.41) is 0. The van der Waals surface area contributed by atoms with E-state index in [1.54, 1.807) is 13.2 Å². The number of ether oxygens (including phenoxy) is 1. The average Bonchev–Trinajstić information content (AvgIpc) is 2.28. The van der Waals surface area contributed by atoms with Gasteiger partial charge in [0.1, 0.15) is 5.75 Å². The molecule has 0 aliphatic heterocycles. The first-order valence-corrected chi connectivity index (χ1v) is 5.77. The van der Waals surface area contributed by atoms with Gasteiger partial charge >= 0.3 is 0 Å². The number of hydrogen-bond donors (Lipinski definition) is 1. The van der Waals surface area contributed by atoms with Gasteiger partial charge in [-0.15, -0.1) is 0 Å². The molecule has 2 N–H and O–H groups in total. The second-order valence-electron chi connectivity index (χ2n) is 5.15. The van der Waals surface area contributed by atoms with Gasteiger partial charge in [-0.2, -0.15) is 0 Å². The van der Waals surface area contributed by atoms with Gasteiger partial charge in [-0.05, 0) is 42.6 Å². The normalized spacial score (nSPS) is 11.4. The molecular formula is C14H21NO2. The van der Waals surface area contributed by atoms with Gasteiger partial charge in [0.25, 0.3) is 0 Å². The van der Waals surface area contributed by atoms with Gasteiger partial charge in [0, 0.05) is 12.0 Å². The van der Waals surface area contributed by atoms with Crippen LogP contribution in [0.5, 0.6) is 5.75 Å². The first-order valence-electron chi connectivity index (χ1n) is 5.77. The predicted octanol–water partition coefficient (Wildman–Crippen LogP) is 2.56. The molecule has 17 heavy (non-hydrogen) atoms. The summed E-state index contributed by atoms with van der Waals surface area (Å²) < 4.78 is 5.17. The number of carbonyl (C=O) groups is 1. The average molecular weight is 235 g/mol. The van der Waals surface area contributed by atoms with E-state index in [1.165, 1.54) is 0 Å². The molecule has 1 aromatic carbocycles. The van der Waals surface area contributed by atoms with Gasteiger partial charge in [-0.3, -0.25) is 4.79 Å². The maximum Gasteiger partial charge on any atom is 0.163 e. The van der Waals surface area contributed by atoms with E-state index in [9.17, 15) is 4.79 Å².